The summed E-state index contributed by atoms with van der Waals surface area (Å²) in [6.45, 7) is 4.46. The smallest absolute Gasteiger partial charge is 0.105 e. The van der Waals surface area contributed by atoms with E-state index in [1.165, 1.54) is 29.0 Å². The van der Waals surface area contributed by atoms with E-state index >= 15 is 0 Å². The maximum absolute atomic E-state index is 4.73. The zero-order chi connectivity index (χ0) is 12.5. The quantitative estimate of drug-likeness (QED) is 0.901. The summed E-state index contributed by atoms with van der Waals surface area (Å²) in [5.41, 5.74) is 3.92. The fourth-order valence-corrected chi connectivity index (χ4v) is 3.71. The number of aromatic nitrogens is 2. The molecule has 3 rings (SSSR count). The molecule has 0 spiro atoms. The van der Waals surface area contributed by atoms with Crippen LogP contribution in [0.3, 0.4) is 0 Å². The van der Waals surface area contributed by atoms with Gasteiger partial charge in [0.2, 0.25) is 0 Å². The largest absolute Gasteiger partial charge is 0.316 e. The summed E-state index contributed by atoms with van der Waals surface area (Å²) >= 11 is 1.77. The van der Waals surface area contributed by atoms with Gasteiger partial charge >= 0.3 is 0 Å². The van der Waals surface area contributed by atoms with Crippen LogP contribution in [0, 0.1) is 6.92 Å². The van der Waals surface area contributed by atoms with Gasteiger partial charge in [0.05, 0.1) is 4.88 Å². The number of hydrogen-bond donors (Lipinski definition) is 1. The molecule has 1 aliphatic heterocycles. The third kappa shape index (κ3) is 1.99. The Morgan fingerprint density at radius 1 is 1.50 bits per heavy atom. The van der Waals surface area contributed by atoms with Crippen molar-refractivity contribution in [3.63, 3.8) is 0 Å². The molecular weight excluding hydrogens is 242 g/mol. The van der Waals surface area contributed by atoms with E-state index in [0.717, 1.165) is 18.8 Å². The third-order valence-corrected chi connectivity index (χ3v) is 4.65. The van der Waals surface area contributed by atoms with Crippen molar-refractivity contribution in [2.24, 2.45) is 7.05 Å². The Morgan fingerprint density at radius 3 is 3.06 bits per heavy atom. The van der Waals surface area contributed by atoms with E-state index in [4.69, 9.17) is 5.10 Å². The van der Waals surface area contributed by atoms with Crippen molar-refractivity contribution < 1.29 is 0 Å². The number of piperidine rings is 1. The minimum absolute atomic E-state index is 0.616. The van der Waals surface area contributed by atoms with Crippen LogP contribution in [0.1, 0.15) is 30.0 Å². The first-order valence-corrected chi connectivity index (χ1v) is 7.43. The lowest BCUT2D eigenvalue weighted by atomic mass is 9.93. The first-order chi connectivity index (χ1) is 8.77. The number of rotatable bonds is 2. The zero-order valence-corrected chi connectivity index (χ0v) is 11.8. The van der Waals surface area contributed by atoms with Crippen LogP contribution in [0.15, 0.2) is 17.5 Å². The zero-order valence-electron chi connectivity index (χ0n) is 10.9. The molecule has 1 saturated heterocycles. The molecule has 0 bridgehead atoms. The maximum atomic E-state index is 4.73. The molecule has 96 valence electrons. The Balaban J connectivity index is 2.00. The molecule has 1 aliphatic rings. The molecule has 1 atom stereocenters. The average molecular weight is 261 g/mol. The van der Waals surface area contributed by atoms with Crippen molar-refractivity contribution >= 4 is 11.3 Å². The van der Waals surface area contributed by atoms with Gasteiger partial charge in [-0.15, -0.1) is 11.3 Å². The summed E-state index contributed by atoms with van der Waals surface area (Å²) in [6.07, 6.45) is 2.54. The Bertz CT molecular complexity index is 521. The molecule has 4 heteroatoms. The Labute approximate surface area is 112 Å². The lowest BCUT2D eigenvalue weighted by Crippen LogP contribution is -2.29. The second-order valence-corrected chi connectivity index (χ2v) is 5.95. The van der Waals surface area contributed by atoms with Crippen LogP contribution in [0.25, 0.3) is 10.6 Å². The summed E-state index contributed by atoms with van der Waals surface area (Å²) in [5, 5.41) is 10.3. The van der Waals surface area contributed by atoms with Crippen LogP contribution in [0.5, 0.6) is 0 Å². The van der Waals surface area contributed by atoms with E-state index in [-0.39, 0.29) is 0 Å². The number of hydrogen-bond acceptors (Lipinski definition) is 3. The van der Waals surface area contributed by atoms with Crippen molar-refractivity contribution in [2.45, 2.75) is 25.7 Å². The highest BCUT2D eigenvalue weighted by Crippen LogP contribution is 2.33. The van der Waals surface area contributed by atoms with Crippen LogP contribution in [0.4, 0.5) is 0 Å². The van der Waals surface area contributed by atoms with Crippen molar-refractivity contribution in [2.75, 3.05) is 13.1 Å². The van der Waals surface area contributed by atoms with E-state index in [2.05, 4.69) is 41.5 Å². The molecule has 0 aromatic carbocycles. The van der Waals surface area contributed by atoms with Crippen molar-refractivity contribution in [3.8, 4) is 10.6 Å². The predicted molar refractivity (Wildman–Crippen MR) is 76.1 cm³/mol. The molecule has 1 N–H and O–H groups in total. The first kappa shape index (κ1) is 11.9. The van der Waals surface area contributed by atoms with Gasteiger partial charge in [-0.05, 0) is 43.3 Å². The fourth-order valence-electron chi connectivity index (χ4n) is 2.95. The average Bonchev–Trinajstić information content (AvgIpc) is 2.99. The fraction of sp³-hybridized carbons (Fsp3) is 0.500. The van der Waals surface area contributed by atoms with Gasteiger partial charge in [0.1, 0.15) is 5.69 Å². The molecule has 0 radical (unpaired) electrons. The number of nitrogens with zero attached hydrogens (tertiary/aromatic N) is 2. The van der Waals surface area contributed by atoms with Gasteiger partial charge in [0.15, 0.2) is 0 Å². The number of thiophene rings is 1. The van der Waals surface area contributed by atoms with Gasteiger partial charge in [-0.3, -0.25) is 4.68 Å². The van der Waals surface area contributed by atoms with Gasteiger partial charge in [-0.2, -0.15) is 5.10 Å². The van der Waals surface area contributed by atoms with Crippen LogP contribution in [0.2, 0.25) is 0 Å². The highest BCUT2D eigenvalue weighted by atomic mass is 32.1. The van der Waals surface area contributed by atoms with E-state index in [0.29, 0.717) is 5.92 Å². The SMILES string of the molecule is Cc1c(-c2cccs2)nn(C)c1C1CCCNC1. The lowest BCUT2D eigenvalue weighted by Gasteiger charge is -2.23. The highest BCUT2D eigenvalue weighted by Gasteiger charge is 2.23. The summed E-state index contributed by atoms with van der Waals surface area (Å²) in [6, 6.07) is 4.25. The molecule has 18 heavy (non-hydrogen) atoms. The van der Waals surface area contributed by atoms with Crippen LogP contribution in [-0.2, 0) is 7.05 Å². The number of aryl methyl sites for hydroxylation is 1. The van der Waals surface area contributed by atoms with E-state index in [1.807, 2.05) is 0 Å². The van der Waals surface area contributed by atoms with Gasteiger partial charge < -0.3 is 5.32 Å². The molecular formula is C14H19N3S. The second kappa shape index (κ2) is 4.86. The maximum Gasteiger partial charge on any atom is 0.105 e. The lowest BCUT2D eigenvalue weighted by molar-refractivity contribution is 0.440. The van der Waals surface area contributed by atoms with Gasteiger partial charge in [0.25, 0.3) is 0 Å². The molecule has 0 aliphatic carbocycles. The van der Waals surface area contributed by atoms with Gasteiger partial charge in [0, 0.05) is 25.2 Å². The number of nitrogens with one attached hydrogen (secondary N) is 1. The summed E-state index contributed by atoms with van der Waals surface area (Å²) < 4.78 is 2.09. The standard InChI is InChI=1S/C14H19N3S/c1-10-13(12-6-4-8-18-12)16-17(2)14(10)11-5-3-7-15-9-11/h4,6,8,11,15H,3,5,7,9H2,1-2H3. The third-order valence-electron chi connectivity index (χ3n) is 3.78. The normalized spacial score (nSPS) is 20.2. The van der Waals surface area contributed by atoms with Crippen LogP contribution < -0.4 is 5.32 Å². The van der Waals surface area contributed by atoms with Gasteiger partial charge in [-0.1, -0.05) is 6.07 Å². The summed E-state index contributed by atoms with van der Waals surface area (Å²) in [7, 11) is 2.08. The Hall–Kier alpha value is -1.13. The molecule has 0 amide bonds. The van der Waals surface area contributed by atoms with Crippen molar-refractivity contribution in [3.05, 3.63) is 28.8 Å². The molecule has 3 nitrogen and oxygen atoms in total. The topological polar surface area (TPSA) is 29.9 Å². The molecule has 2 aromatic heterocycles. The van der Waals surface area contributed by atoms with Crippen molar-refractivity contribution in [1.29, 1.82) is 0 Å². The van der Waals surface area contributed by atoms with E-state index in [1.54, 1.807) is 11.3 Å². The summed E-state index contributed by atoms with van der Waals surface area (Å²) in [5.74, 6) is 0.616. The minimum Gasteiger partial charge on any atom is -0.316 e. The molecule has 1 unspecified atom stereocenters. The van der Waals surface area contributed by atoms with Crippen LogP contribution in [-0.4, -0.2) is 22.9 Å². The molecule has 0 saturated carbocycles. The first-order valence-electron chi connectivity index (χ1n) is 6.55. The molecule has 1 fully saturated rings. The van der Waals surface area contributed by atoms with Crippen molar-refractivity contribution in [1.82, 2.24) is 15.1 Å². The minimum atomic E-state index is 0.616. The van der Waals surface area contributed by atoms with E-state index < -0.39 is 0 Å². The highest BCUT2D eigenvalue weighted by molar-refractivity contribution is 7.13. The van der Waals surface area contributed by atoms with Gasteiger partial charge in [-0.25, -0.2) is 0 Å². The molecule has 2 aromatic rings. The summed E-state index contributed by atoms with van der Waals surface area (Å²) in [4.78, 5) is 1.28. The monoisotopic (exact) mass is 261 g/mol. The predicted octanol–water partition coefficient (Wildman–Crippen LogP) is 2.92. The molecule has 3 heterocycles. The van der Waals surface area contributed by atoms with Crippen LogP contribution >= 0.6 is 11.3 Å². The van der Waals surface area contributed by atoms with E-state index in [9.17, 15) is 0 Å². The Kier molecular flexibility index (Phi) is 3.22. The Morgan fingerprint density at radius 2 is 2.39 bits per heavy atom. The second-order valence-electron chi connectivity index (χ2n) is 5.00.